The Labute approximate surface area is 323 Å². The van der Waals surface area contributed by atoms with Gasteiger partial charge in [-0.05, 0) is 114 Å². The zero-order valence-electron chi connectivity index (χ0n) is 32.1. The minimum absolute atomic E-state index is 0.0602. The van der Waals surface area contributed by atoms with Crippen LogP contribution in [0.25, 0.3) is 22.3 Å². The van der Waals surface area contributed by atoms with E-state index in [-0.39, 0.29) is 37.0 Å². The molecule has 292 valence electrons. The number of ether oxygens (including phenoxy) is 2. The van der Waals surface area contributed by atoms with Crippen molar-refractivity contribution in [3.05, 3.63) is 71.8 Å². The Hall–Kier alpha value is -5.26. The highest BCUT2D eigenvalue weighted by atomic mass is 16.5. The Kier molecular flexibility index (Phi) is 11.8. The van der Waals surface area contributed by atoms with Crippen LogP contribution in [-0.2, 0) is 31.9 Å². The van der Waals surface area contributed by atoms with E-state index in [0.29, 0.717) is 31.6 Å². The molecule has 7 rings (SSSR count). The second kappa shape index (κ2) is 17.0. The smallest absolute Gasteiger partial charge is 0.407 e. The van der Waals surface area contributed by atoms with Crippen LogP contribution in [0.2, 0.25) is 0 Å². The third kappa shape index (κ3) is 8.68. The van der Waals surface area contributed by atoms with Gasteiger partial charge in [0.15, 0.2) is 0 Å². The van der Waals surface area contributed by atoms with E-state index < -0.39 is 12.2 Å². The van der Waals surface area contributed by atoms with Crippen molar-refractivity contribution in [2.45, 2.75) is 76.3 Å². The molecule has 4 N–H and O–H groups in total. The first-order chi connectivity index (χ1) is 26.8. The summed E-state index contributed by atoms with van der Waals surface area (Å²) >= 11 is 0. The van der Waals surface area contributed by atoms with Gasteiger partial charge >= 0.3 is 12.2 Å². The van der Waals surface area contributed by atoms with Gasteiger partial charge in [0.2, 0.25) is 11.8 Å². The highest BCUT2D eigenvalue weighted by molar-refractivity contribution is 5.84. The Bertz CT molecular complexity index is 1730. The third-order valence-electron chi connectivity index (χ3n) is 12.2. The van der Waals surface area contributed by atoms with Crippen LogP contribution in [0, 0.1) is 5.41 Å². The summed E-state index contributed by atoms with van der Waals surface area (Å²) in [6.07, 6.45) is 9.95. The number of likely N-dealkylation sites (tertiary alicyclic amines) is 2. The molecule has 0 unspecified atom stereocenters. The average Bonchev–Trinajstić information content (AvgIpc) is 4.05. The van der Waals surface area contributed by atoms with Gasteiger partial charge in [0, 0.05) is 49.6 Å². The number of nitrogens with zero attached hydrogens (tertiary/aromatic N) is 2. The lowest BCUT2D eigenvalue weighted by Crippen LogP contribution is -2.44. The van der Waals surface area contributed by atoms with E-state index in [0.717, 1.165) is 49.9 Å². The molecule has 3 aromatic carbocycles. The lowest BCUT2D eigenvalue weighted by molar-refractivity contribution is -0.131. The standard InChI is InChI=1S/C43H54N6O6/c1-54-41(52)46-27-39(50)48-21-5-7-33(48)25-44-31-13-9-29(10-14-31)35-17-18-36(38-24-43(23-37(35)38)19-3-4-20-43)30-11-15-32(16-12-30)45-26-34-8-6-22-49(34)40(51)28-47-42(53)55-2/h9-18,33-34,44-45H,3-8,19-28H2,1-2H3,(H,46,52)(H,47,53)/t33-,34-/m0/s1. The molecule has 2 aliphatic heterocycles. The number of rotatable bonds is 12. The normalized spacial score (nSPS) is 19.6. The van der Waals surface area contributed by atoms with Gasteiger partial charge in [-0.1, -0.05) is 49.2 Å². The number of hydrogen-bond acceptors (Lipinski definition) is 8. The molecule has 2 atom stereocenters. The van der Waals surface area contributed by atoms with Gasteiger partial charge in [-0.3, -0.25) is 9.59 Å². The van der Waals surface area contributed by atoms with Crippen molar-refractivity contribution in [3.8, 4) is 22.3 Å². The molecule has 1 spiro atoms. The van der Waals surface area contributed by atoms with E-state index in [4.69, 9.17) is 0 Å². The van der Waals surface area contributed by atoms with Crippen molar-refractivity contribution >= 4 is 35.4 Å². The Morgan fingerprint density at radius 1 is 0.618 bits per heavy atom. The number of carbonyl (C=O) groups excluding carboxylic acids is 4. The van der Waals surface area contributed by atoms with Crippen molar-refractivity contribution in [3.63, 3.8) is 0 Å². The first-order valence-corrected chi connectivity index (χ1v) is 19.8. The lowest BCUT2D eigenvalue weighted by Gasteiger charge is -2.25. The molecule has 12 heteroatoms. The third-order valence-corrected chi connectivity index (χ3v) is 12.2. The number of benzene rings is 3. The highest BCUT2D eigenvalue weighted by Crippen LogP contribution is 2.53. The maximum atomic E-state index is 12.7. The van der Waals surface area contributed by atoms with Crippen LogP contribution in [0.4, 0.5) is 21.0 Å². The molecule has 3 fully saturated rings. The molecule has 2 heterocycles. The maximum absolute atomic E-state index is 12.7. The summed E-state index contributed by atoms with van der Waals surface area (Å²) in [5.74, 6) is -0.187. The minimum atomic E-state index is -0.600. The summed E-state index contributed by atoms with van der Waals surface area (Å²) < 4.78 is 9.20. The van der Waals surface area contributed by atoms with Gasteiger partial charge in [-0.25, -0.2) is 9.59 Å². The number of methoxy groups -OCH3 is 2. The van der Waals surface area contributed by atoms with Gasteiger partial charge in [0.05, 0.1) is 14.2 Å². The van der Waals surface area contributed by atoms with Crippen molar-refractivity contribution in [1.29, 1.82) is 0 Å². The fourth-order valence-corrected chi connectivity index (χ4v) is 9.33. The average molecular weight is 751 g/mol. The predicted molar refractivity (Wildman–Crippen MR) is 213 cm³/mol. The van der Waals surface area contributed by atoms with Gasteiger partial charge in [-0.15, -0.1) is 0 Å². The molecule has 0 radical (unpaired) electrons. The summed E-state index contributed by atoms with van der Waals surface area (Å²) in [5, 5.41) is 12.1. The Balaban J connectivity index is 1.01. The Morgan fingerprint density at radius 2 is 1.04 bits per heavy atom. The van der Waals surface area contributed by atoms with Crippen molar-refractivity contribution in [2.24, 2.45) is 5.41 Å². The molecular formula is C43H54N6O6. The topological polar surface area (TPSA) is 141 Å². The fraction of sp³-hybridized carbons (Fsp3) is 0.488. The van der Waals surface area contributed by atoms with E-state index in [1.54, 1.807) is 0 Å². The molecule has 0 aromatic heterocycles. The summed E-state index contributed by atoms with van der Waals surface area (Å²) in [5.41, 5.74) is 10.4. The van der Waals surface area contributed by atoms with Crippen LogP contribution in [0.1, 0.15) is 62.5 Å². The largest absolute Gasteiger partial charge is 0.453 e. The van der Waals surface area contributed by atoms with Gasteiger partial charge in [0.1, 0.15) is 13.1 Å². The van der Waals surface area contributed by atoms with Gasteiger partial charge in [0.25, 0.3) is 0 Å². The SMILES string of the molecule is COC(=O)NCC(=O)N1CCC[C@H]1CNc1ccc(-c2ccc(-c3ccc(NC[C@@H]4CCCN4C(=O)CNC(=O)OC)cc3)c3c2CC2(CCCC2)C3)cc1. The number of fused-ring (bicyclic) bond motifs is 1. The molecule has 4 aliphatic rings. The molecule has 55 heavy (non-hydrogen) atoms. The number of hydrogen-bond donors (Lipinski definition) is 4. The van der Waals surface area contributed by atoms with Crippen LogP contribution < -0.4 is 21.3 Å². The van der Waals surface area contributed by atoms with Crippen molar-refractivity contribution in [1.82, 2.24) is 20.4 Å². The predicted octanol–water partition coefficient (Wildman–Crippen LogP) is 6.20. The molecule has 0 bridgehead atoms. The van der Waals surface area contributed by atoms with Crippen molar-refractivity contribution in [2.75, 3.05) is 64.1 Å². The van der Waals surface area contributed by atoms with Crippen LogP contribution >= 0.6 is 0 Å². The summed E-state index contributed by atoms with van der Waals surface area (Å²) in [7, 11) is 2.58. The number of alkyl carbamates (subject to hydrolysis) is 2. The maximum Gasteiger partial charge on any atom is 0.407 e. The zero-order chi connectivity index (χ0) is 38.4. The van der Waals surface area contributed by atoms with Crippen LogP contribution in [0.5, 0.6) is 0 Å². The fourth-order valence-electron chi connectivity index (χ4n) is 9.33. The molecule has 2 saturated heterocycles. The summed E-state index contributed by atoms with van der Waals surface area (Å²) in [4.78, 5) is 52.1. The number of amides is 4. The van der Waals surface area contributed by atoms with Crippen LogP contribution in [-0.4, -0.2) is 99.4 Å². The number of nitrogens with one attached hydrogen (secondary N) is 4. The van der Waals surface area contributed by atoms with E-state index in [1.807, 2.05) is 9.80 Å². The minimum Gasteiger partial charge on any atom is -0.453 e. The zero-order valence-corrected chi connectivity index (χ0v) is 32.1. The number of anilines is 2. The van der Waals surface area contributed by atoms with Crippen LogP contribution in [0.3, 0.4) is 0 Å². The van der Waals surface area contributed by atoms with Crippen LogP contribution in [0.15, 0.2) is 60.7 Å². The van der Waals surface area contributed by atoms with E-state index in [1.165, 1.54) is 73.3 Å². The molecule has 2 aliphatic carbocycles. The summed E-state index contributed by atoms with van der Waals surface area (Å²) in [6, 6.07) is 22.2. The Morgan fingerprint density at radius 3 is 1.44 bits per heavy atom. The molecule has 12 nitrogen and oxygen atoms in total. The molecular weight excluding hydrogens is 697 g/mol. The van der Waals surface area contributed by atoms with Gasteiger partial charge < -0.3 is 40.5 Å². The van der Waals surface area contributed by atoms with Gasteiger partial charge in [-0.2, -0.15) is 0 Å². The molecule has 3 aromatic rings. The molecule has 1 saturated carbocycles. The first kappa shape index (κ1) is 38.0. The van der Waals surface area contributed by atoms with E-state index >= 15 is 0 Å². The monoisotopic (exact) mass is 750 g/mol. The number of carbonyl (C=O) groups is 4. The first-order valence-electron chi connectivity index (χ1n) is 19.8. The second-order valence-electron chi connectivity index (χ2n) is 15.6. The van der Waals surface area contributed by atoms with E-state index in [9.17, 15) is 19.2 Å². The highest BCUT2D eigenvalue weighted by Gasteiger charge is 2.41. The van der Waals surface area contributed by atoms with Crippen molar-refractivity contribution < 1.29 is 28.7 Å². The molecule has 4 amide bonds. The lowest BCUT2D eigenvalue weighted by atomic mass is 9.82. The summed E-state index contributed by atoms with van der Waals surface area (Å²) in [6.45, 7) is 2.57. The second-order valence-corrected chi connectivity index (χ2v) is 15.6. The quantitative estimate of drug-likeness (QED) is 0.172. The van der Waals surface area contributed by atoms with E-state index in [2.05, 4.69) is 91.4 Å².